The molecule has 1 aliphatic heterocycles. The maximum Gasteiger partial charge on any atom is 0.410 e. The molecule has 1 atom stereocenters. The van der Waals surface area contributed by atoms with Crippen LogP contribution in [-0.2, 0) is 11.3 Å². The number of hydrogen-bond acceptors (Lipinski definition) is 7. The van der Waals surface area contributed by atoms with Gasteiger partial charge in [0.25, 0.3) is 0 Å². The molecule has 0 bridgehead atoms. The average molecular weight is 561 g/mol. The second kappa shape index (κ2) is 10.8. The van der Waals surface area contributed by atoms with Crippen molar-refractivity contribution in [2.24, 2.45) is 5.92 Å². The Morgan fingerprint density at radius 3 is 2.71 bits per heavy atom. The smallest absolute Gasteiger partial charge is 0.410 e. The number of nitrogens with zero attached hydrogens (tertiary/aromatic N) is 6. The van der Waals surface area contributed by atoms with Gasteiger partial charge in [-0.25, -0.2) is 19.2 Å². The molecule has 1 saturated carbocycles. The van der Waals surface area contributed by atoms with Crippen LogP contribution in [0.2, 0.25) is 0 Å². The summed E-state index contributed by atoms with van der Waals surface area (Å²) in [7, 11) is 0. The summed E-state index contributed by atoms with van der Waals surface area (Å²) in [4.78, 5) is 28.6. The summed E-state index contributed by atoms with van der Waals surface area (Å²) in [6, 6.07) is 7.66. The lowest BCUT2D eigenvalue weighted by molar-refractivity contribution is 0.0110. The van der Waals surface area contributed by atoms with Crippen LogP contribution in [-0.4, -0.2) is 72.4 Å². The Morgan fingerprint density at radius 2 is 1.98 bits per heavy atom. The number of ether oxygens (including phenoxy) is 1. The molecule has 6 rings (SSSR count). The van der Waals surface area contributed by atoms with Gasteiger partial charge in [0.2, 0.25) is 5.95 Å². The number of carbonyl (C=O) groups excluding carboxylic acids is 1. The number of H-pyrrole nitrogens is 1. The SMILES string of the molecule is CC(c1ccnc(Nc2nc3ccc(-c4cnn(CC5CC5)c4)c(F)c3[nH]2)c1)N1CCN(C(=O)OC(C)(C)C)CC1. The van der Waals surface area contributed by atoms with E-state index in [4.69, 9.17) is 4.74 Å². The predicted molar refractivity (Wildman–Crippen MR) is 155 cm³/mol. The van der Waals surface area contributed by atoms with E-state index in [1.807, 2.05) is 49.8 Å². The lowest BCUT2D eigenvalue weighted by atomic mass is 10.1. The molecule has 1 saturated heterocycles. The van der Waals surface area contributed by atoms with E-state index in [2.05, 4.69) is 37.2 Å². The van der Waals surface area contributed by atoms with Crippen molar-refractivity contribution < 1.29 is 13.9 Å². The van der Waals surface area contributed by atoms with Gasteiger partial charge in [0.05, 0.1) is 11.7 Å². The molecule has 1 amide bonds. The van der Waals surface area contributed by atoms with Crippen molar-refractivity contribution in [1.82, 2.24) is 34.5 Å². The molecule has 1 aromatic carbocycles. The number of imidazole rings is 1. The number of hydrogen-bond donors (Lipinski definition) is 2. The van der Waals surface area contributed by atoms with Gasteiger partial charge in [0.15, 0.2) is 5.82 Å². The molecule has 11 heteroatoms. The van der Waals surface area contributed by atoms with Crippen LogP contribution in [0.25, 0.3) is 22.2 Å². The van der Waals surface area contributed by atoms with Gasteiger partial charge < -0.3 is 19.9 Å². The van der Waals surface area contributed by atoms with E-state index >= 15 is 4.39 Å². The highest BCUT2D eigenvalue weighted by atomic mass is 19.1. The highest BCUT2D eigenvalue weighted by Crippen LogP contribution is 2.33. The van der Waals surface area contributed by atoms with E-state index in [1.165, 1.54) is 12.8 Å². The highest BCUT2D eigenvalue weighted by molar-refractivity contribution is 5.84. The largest absolute Gasteiger partial charge is 0.444 e. The minimum Gasteiger partial charge on any atom is -0.444 e. The molecule has 2 aliphatic rings. The van der Waals surface area contributed by atoms with E-state index in [0.29, 0.717) is 47.4 Å². The number of piperazine rings is 1. The summed E-state index contributed by atoms with van der Waals surface area (Å²) in [5.74, 6) is 1.38. The lowest BCUT2D eigenvalue weighted by Crippen LogP contribution is -2.50. The predicted octanol–water partition coefficient (Wildman–Crippen LogP) is 5.73. The van der Waals surface area contributed by atoms with E-state index < -0.39 is 5.60 Å². The number of aromatic nitrogens is 5. The van der Waals surface area contributed by atoms with Gasteiger partial charge in [-0.2, -0.15) is 5.10 Å². The molecule has 0 spiro atoms. The Bertz CT molecular complexity index is 1550. The van der Waals surface area contributed by atoms with Crippen molar-refractivity contribution in [2.45, 2.75) is 58.7 Å². The number of nitrogens with one attached hydrogen (secondary N) is 2. The zero-order valence-electron chi connectivity index (χ0n) is 24.0. The van der Waals surface area contributed by atoms with Crippen molar-refractivity contribution >= 4 is 28.9 Å². The second-order valence-corrected chi connectivity index (χ2v) is 12.1. The van der Waals surface area contributed by atoms with E-state index in [9.17, 15) is 4.79 Å². The normalized spacial score (nSPS) is 17.1. The van der Waals surface area contributed by atoms with Gasteiger partial charge >= 0.3 is 6.09 Å². The fraction of sp³-hybridized carbons (Fsp3) is 0.467. The molecule has 3 aromatic heterocycles. The average Bonchev–Trinajstić information content (AvgIpc) is 3.46. The van der Waals surface area contributed by atoms with E-state index in [-0.39, 0.29) is 18.0 Å². The van der Waals surface area contributed by atoms with Crippen molar-refractivity contribution in [3.05, 3.63) is 54.2 Å². The number of carbonyl (C=O) groups is 1. The Kier molecular flexibility index (Phi) is 7.14. The zero-order chi connectivity index (χ0) is 28.7. The number of benzene rings is 1. The zero-order valence-corrected chi connectivity index (χ0v) is 24.0. The first-order chi connectivity index (χ1) is 19.6. The van der Waals surface area contributed by atoms with E-state index in [0.717, 1.165) is 30.8 Å². The molecule has 10 nitrogen and oxygen atoms in total. The molecule has 41 heavy (non-hydrogen) atoms. The molecule has 4 aromatic rings. The molecule has 0 radical (unpaired) electrons. The summed E-state index contributed by atoms with van der Waals surface area (Å²) in [6.07, 6.45) is 7.60. The van der Waals surface area contributed by atoms with Gasteiger partial charge in [-0.3, -0.25) is 9.58 Å². The third-order valence-corrected chi connectivity index (χ3v) is 7.71. The van der Waals surface area contributed by atoms with Crippen LogP contribution in [0.15, 0.2) is 42.9 Å². The Labute approximate surface area is 238 Å². The number of anilines is 2. The van der Waals surface area contributed by atoms with Crippen LogP contribution in [0.4, 0.5) is 21.0 Å². The van der Waals surface area contributed by atoms with E-state index in [1.54, 1.807) is 23.4 Å². The second-order valence-electron chi connectivity index (χ2n) is 12.1. The van der Waals surface area contributed by atoms with Gasteiger partial charge in [-0.05, 0) is 76.3 Å². The summed E-state index contributed by atoms with van der Waals surface area (Å²) < 4.78 is 23.0. The Morgan fingerprint density at radius 1 is 1.20 bits per heavy atom. The first-order valence-corrected chi connectivity index (χ1v) is 14.3. The van der Waals surface area contributed by atoms with Crippen molar-refractivity contribution in [3.8, 4) is 11.1 Å². The molecule has 1 unspecified atom stereocenters. The lowest BCUT2D eigenvalue weighted by Gasteiger charge is -2.38. The molecule has 216 valence electrons. The van der Waals surface area contributed by atoms with Crippen molar-refractivity contribution in [1.29, 1.82) is 0 Å². The highest BCUT2D eigenvalue weighted by Gasteiger charge is 2.28. The maximum atomic E-state index is 15.5. The molecule has 1 aliphatic carbocycles. The van der Waals surface area contributed by atoms with Crippen LogP contribution >= 0.6 is 0 Å². The molecule has 2 N–H and O–H groups in total. The molecular formula is C30H37FN8O2. The number of fused-ring (bicyclic) bond motifs is 1. The minimum atomic E-state index is -0.505. The monoisotopic (exact) mass is 560 g/mol. The van der Waals surface area contributed by atoms with Gasteiger partial charge in [0, 0.05) is 62.3 Å². The van der Waals surface area contributed by atoms with Crippen LogP contribution in [0.3, 0.4) is 0 Å². The van der Waals surface area contributed by atoms with Crippen LogP contribution in [0.5, 0.6) is 0 Å². The quantitative estimate of drug-likeness (QED) is 0.298. The summed E-state index contributed by atoms with van der Waals surface area (Å²) in [6.45, 7) is 11.4. The van der Waals surface area contributed by atoms with Crippen LogP contribution in [0, 0.1) is 11.7 Å². The standard InChI is InChI=1S/C30H37FN8O2/c1-19(37-11-13-38(14-12-37)29(40)41-30(2,3)4)21-9-10-32-25(15-21)35-28-34-24-8-7-23(26(31)27(24)36-28)22-16-33-39(18-22)17-20-5-6-20/h7-10,15-16,18-20H,5-6,11-14,17H2,1-4H3,(H2,32,34,35,36). The Hall–Kier alpha value is -3.99. The topological polar surface area (TPSA) is 104 Å². The molecular weight excluding hydrogens is 523 g/mol. The minimum absolute atomic E-state index is 0.121. The molecule has 2 fully saturated rings. The fourth-order valence-electron chi connectivity index (χ4n) is 5.22. The van der Waals surface area contributed by atoms with Crippen molar-refractivity contribution in [2.75, 3.05) is 31.5 Å². The number of aromatic amines is 1. The third-order valence-electron chi connectivity index (χ3n) is 7.71. The summed E-state index contributed by atoms with van der Waals surface area (Å²) in [5.41, 5.74) is 2.70. The maximum absolute atomic E-state index is 15.5. The third kappa shape index (κ3) is 6.19. The Balaban J connectivity index is 1.12. The van der Waals surface area contributed by atoms with Gasteiger partial charge in [0.1, 0.15) is 16.9 Å². The number of amides is 1. The number of halogens is 1. The molecule has 4 heterocycles. The fourth-order valence-corrected chi connectivity index (χ4v) is 5.22. The van der Waals surface area contributed by atoms with Crippen LogP contribution < -0.4 is 5.32 Å². The summed E-state index contributed by atoms with van der Waals surface area (Å²) >= 11 is 0. The van der Waals surface area contributed by atoms with Crippen LogP contribution in [0.1, 0.15) is 52.1 Å². The number of rotatable bonds is 7. The number of pyridine rings is 1. The first kappa shape index (κ1) is 27.2. The van der Waals surface area contributed by atoms with Gasteiger partial charge in [-0.15, -0.1) is 0 Å². The van der Waals surface area contributed by atoms with Crippen molar-refractivity contribution in [3.63, 3.8) is 0 Å². The van der Waals surface area contributed by atoms with Gasteiger partial charge in [-0.1, -0.05) is 0 Å². The first-order valence-electron chi connectivity index (χ1n) is 14.3. The summed E-state index contributed by atoms with van der Waals surface area (Å²) in [5, 5.41) is 7.62.